The van der Waals surface area contributed by atoms with E-state index in [1.165, 1.54) is 30.6 Å². The van der Waals surface area contributed by atoms with Gasteiger partial charge in [0.2, 0.25) is 0 Å². The molecule has 0 aliphatic carbocycles. The summed E-state index contributed by atoms with van der Waals surface area (Å²) in [6.07, 6.45) is 1.23. The number of benzene rings is 2. The van der Waals surface area contributed by atoms with E-state index in [0.29, 0.717) is 29.2 Å². The predicted molar refractivity (Wildman–Crippen MR) is 109 cm³/mol. The van der Waals surface area contributed by atoms with Gasteiger partial charge in [-0.25, -0.2) is 4.98 Å². The molecule has 0 saturated heterocycles. The van der Waals surface area contributed by atoms with Crippen LogP contribution in [0, 0.1) is 0 Å². The first-order valence-electron chi connectivity index (χ1n) is 8.34. The van der Waals surface area contributed by atoms with Crippen molar-refractivity contribution in [1.29, 1.82) is 0 Å². The van der Waals surface area contributed by atoms with Crippen LogP contribution in [-0.4, -0.2) is 35.5 Å². The summed E-state index contributed by atoms with van der Waals surface area (Å²) in [7, 11) is -0.350. The average molecular weight is 418 g/mol. The lowest BCUT2D eigenvalue weighted by Crippen LogP contribution is -2.33. The number of aromatic nitrogens is 1. The van der Waals surface area contributed by atoms with Crippen LogP contribution in [0.5, 0.6) is 11.5 Å². The Morgan fingerprint density at radius 3 is 2.61 bits per heavy atom. The Balaban J connectivity index is 1.72. The second-order valence-corrected chi connectivity index (χ2v) is 7.33. The molecule has 28 heavy (non-hydrogen) atoms. The lowest BCUT2D eigenvalue weighted by atomic mass is 9.77. The van der Waals surface area contributed by atoms with Crippen LogP contribution < -0.4 is 14.9 Å². The lowest BCUT2D eigenvalue weighted by molar-refractivity contribution is 0.112. The maximum absolute atomic E-state index is 11.1. The number of thiazole rings is 1. The summed E-state index contributed by atoms with van der Waals surface area (Å²) in [5.74, 6) is 0.617. The normalized spacial score (nSPS) is 10.6. The first kappa shape index (κ1) is 20.4. The molecular formula is C19H17BClNO5S. The van der Waals surface area contributed by atoms with Crippen LogP contribution >= 0.6 is 22.9 Å². The van der Waals surface area contributed by atoms with E-state index in [1.54, 1.807) is 0 Å². The Kier molecular flexibility index (Phi) is 6.69. The molecule has 1 heterocycles. The van der Waals surface area contributed by atoms with Crippen LogP contribution in [-0.2, 0) is 13.0 Å². The number of halogens is 1. The minimum absolute atomic E-state index is 0.0486. The fourth-order valence-corrected chi connectivity index (χ4v) is 3.55. The summed E-state index contributed by atoms with van der Waals surface area (Å²) in [6.45, 7) is 0.175. The number of aldehydes is 1. The van der Waals surface area contributed by atoms with Crippen molar-refractivity contribution in [1.82, 2.24) is 4.98 Å². The number of ether oxygens (including phenoxy) is 2. The van der Waals surface area contributed by atoms with Crippen LogP contribution in [0.4, 0.5) is 0 Å². The van der Waals surface area contributed by atoms with Crippen LogP contribution in [0.3, 0.4) is 0 Å². The van der Waals surface area contributed by atoms with Crippen LogP contribution in [0.25, 0.3) is 0 Å². The first-order valence-corrected chi connectivity index (χ1v) is 9.59. The summed E-state index contributed by atoms with van der Waals surface area (Å²) in [5, 5.41) is 22.4. The molecule has 3 rings (SSSR count). The average Bonchev–Trinajstić information content (AvgIpc) is 3.14. The molecule has 0 atom stereocenters. The van der Waals surface area contributed by atoms with Gasteiger partial charge in [-0.1, -0.05) is 23.7 Å². The Labute approximate surface area is 171 Å². The number of methoxy groups -OCH3 is 1. The third-order valence-corrected chi connectivity index (χ3v) is 5.17. The highest BCUT2D eigenvalue weighted by Crippen LogP contribution is 2.28. The zero-order chi connectivity index (χ0) is 20.1. The fourth-order valence-electron chi connectivity index (χ4n) is 2.61. The van der Waals surface area contributed by atoms with E-state index >= 15 is 0 Å². The summed E-state index contributed by atoms with van der Waals surface area (Å²) >= 11 is 7.43. The van der Waals surface area contributed by atoms with Crippen molar-refractivity contribution in [2.24, 2.45) is 0 Å². The topological polar surface area (TPSA) is 88.9 Å². The van der Waals surface area contributed by atoms with Gasteiger partial charge in [0.15, 0.2) is 11.5 Å². The molecule has 6 nitrogen and oxygen atoms in total. The number of rotatable bonds is 8. The number of carbonyl (C=O) groups is 1. The quantitative estimate of drug-likeness (QED) is 0.432. The van der Waals surface area contributed by atoms with Crippen molar-refractivity contribution in [3.05, 3.63) is 68.6 Å². The molecule has 2 aromatic carbocycles. The van der Waals surface area contributed by atoms with E-state index in [-0.39, 0.29) is 17.6 Å². The second kappa shape index (κ2) is 9.21. The smallest absolute Gasteiger partial charge is 0.489 e. The van der Waals surface area contributed by atoms with Gasteiger partial charge < -0.3 is 19.5 Å². The molecule has 0 aliphatic heterocycles. The van der Waals surface area contributed by atoms with Gasteiger partial charge in [-0.2, -0.15) is 0 Å². The number of carbonyl (C=O) groups excluding carboxylic acids is 1. The van der Waals surface area contributed by atoms with E-state index in [9.17, 15) is 14.8 Å². The molecule has 2 N–H and O–H groups in total. The van der Waals surface area contributed by atoms with Crippen molar-refractivity contribution in [2.75, 3.05) is 7.11 Å². The van der Waals surface area contributed by atoms with E-state index < -0.39 is 7.12 Å². The summed E-state index contributed by atoms with van der Waals surface area (Å²) in [6, 6.07) is 10.4. The molecule has 0 aliphatic rings. The van der Waals surface area contributed by atoms with Crippen LogP contribution in [0.2, 0.25) is 5.02 Å². The molecule has 0 saturated carbocycles. The lowest BCUT2D eigenvalue weighted by Gasteiger charge is -2.13. The van der Waals surface area contributed by atoms with E-state index in [2.05, 4.69) is 4.98 Å². The van der Waals surface area contributed by atoms with Crippen molar-refractivity contribution in [3.8, 4) is 11.5 Å². The number of hydrogen-bond donors (Lipinski definition) is 2. The number of nitrogens with zero attached hydrogens (tertiary/aromatic N) is 1. The molecule has 0 radical (unpaired) electrons. The van der Waals surface area contributed by atoms with Gasteiger partial charge in [0.25, 0.3) is 0 Å². The molecule has 3 aromatic rings. The van der Waals surface area contributed by atoms with Gasteiger partial charge >= 0.3 is 7.12 Å². The van der Waals surface area contributed by atoms with Gasteiger partial charge in [0.05, 0.1) is 17.8 Å². The van der Waals surface area contributed by atoms with Gasteiger partial charge in [-0.05, 0) is 35.3 Å². The Hall–Kier alpha value is -2.39. The zero-order valence-corrected chi connectivity index (χ0v) is 16.5. The largest absolute Gasteiger partial charge is 0.493 e. The highest BCUT2D eigenvalue weighted by molar-refractivity contribution is 7.09. The maximum atomic E-state index is 11.1. The SMILES string of the molecule is COc1cc(C=O)c(B(O)O)cc1OCc1csc(Cc2ccc(Cl)cc2)n1. The summed E-state index contributed by atoms with van der Waals surface area (Å²) in [5.41, 5.74) is 2.02. The Morgan fingerprint density at radius 1 is 1.21 bits per heavy atom. The van der Waals surface area contributed by atoms with Crippen LogP contribution in [0.1, 0.15) is 26.6 Å². The molecule has 0 bridgehead atoms. The predicted octanol–water partition coefficient (Wildman–Crippen LogP) is 2.47. The van der Waals surface area contributed by atoms with Crippen molar-refractivity contribution < 1.29 is 24.3 Å². The second-order valence-electron chi connectivity index (χ2n) is 5.95. The number of hydrogen-bond acceptors (Lipinski definition) is 7. The third kappa shape index (κ3) is 4.91. The van der Waals surface area contributed by atoms with Crippen molar-refractivity contribution >= 4 is 41.8 Å². The molecule has 0 unspecified atom stereocenters. The highest BCUT2D eigenvalue weighted by atomic mass is 35.5. The van der Waals surface area contributed by atoms with Crippen molar-refractivity contribution in [2.45, 2.75) is 13.0 Å². The van der Waals surface area contributed by atoms with E-state index in [1.807, 2.05) is 29.6 Å². The van der Waals surface area contributed by atoms with Gasteiger partial charge in [0, 0.05) is 22.4 Å². The zero-order valence-electron chi connectivity index (χ0n) is 15.0. The standard InChI is InChI=1S/C19H17BClNO5S/c1-26-17-7-13(9-23)16(20(24)25)8-18(17)27-10-15-11-28-19(22-15)6-12-2-4-14(21)5-3-12/h2-5,7-9,11,24-25H,6,10H2,1H3. The molecule has 0 fully saturated rings. The van der Waals surface area contributed by atoms with E-state index in [4.69, 9.17) is 21.1 Å². The molecule has 1 aromatic heterocycles. The molecule has 9 heteroatoms. The highest BCUT2D eigenvalue weighted by Gasteiger charge is 2.20. The minimum Gasteiger partial charge on any atom is -0.493 e. The fraction of sp³-hybridized carbons (Fsp3) is 0.158. The first-order chi connectivity index (χ1) is 13.5. The molecule has 144 valence electrons. The van der Waals surface area contributed by atoms with Crippen LogP contribution in [0.15, 0.2) is 41.8 Å². The van der Waals surface area contributed by atoms with Crippen molar-refractivity contribution in [3.63, 3.8) is 0 Å². The van der Waals surface area contributed by atoms with Gasteiger partial charge in [-0.3, -0.25) is 4.79 Å². The minimum atomic E-state index is -1.79. The molecule has 0 amide bonds. The molecular weight excluding hydrogens is 401 g/mol. The Bertz CT molecular complexity index is 961. The van der Waals surface area contributed by atoms with Gasteiger partial charge in [0.1, 0.15) is 12.9 Å². The maximum Gasteiger partial charge on any atom is 0.489 e. The Morgan fingerprint density at radius 2 is 1.96 bits per heavy atom. The summed E-state index contributed by atoms with van der Waals surface area (Å²) < 4.78 is 11.0. The molecule has 0 spiro atoms. The third-order valence-electron chi connectivity index (χ3n) is 4.02. The summed E-state index contributed by atoms with van der Waals surface area (Å²) in [4.78, 5) is 15.7. The monoisotopic (exact) mass is 417 g/mol. The van der Waals surface area contributed by atoms with Gasteiger partial charge in [-0.15, -0.1) is 11.3 Å². The van der Waals surface area contributed by atoms with E-state index in [0.717, 1.165) is 16.3 Å².